The lowest BCUT2D eigenvalue weighted by molar-refractivity contribution is -0.141. The number of phenols is 1. The fourth-order valence-corrected chi connectivity index (χ4v) is 2.58. The molecular formula is C12H13ClO3. The molecule has 0 bridgehead atoms. The van der Waals surface area contributed by atoms with E-state index < -0.39 is 11.4 Å². The molecule has 2 N–H and O–H groups in total. The zero-order chi connectivity index (χ0) is 12.1. The summed E-state index contributed by atoms with van der Waals surface area (Å²) in [4.78, 5) is 11.4. The molecule has 1 atom stereocenters. The summed E-state index contributed by atoms with van der Waals surface area (Å²) in [7, 11) is 0. The molecule has 0 radical (unpaired) electrons. The number of hydrogen-bond acceptors (Lipinski definition) is 2. The van der Waals surface area contributed by atoms with Crippen LogP contribution >= 0.6 is 11.6 Å². The molecule has 0 amide bonds. The van der Waals surface area contributed by atoms with E-state index in [0.29, 0.717) is 17.0 Å². The van der Waals surface area contributed by atoms with Crippen molar-refractivity contribution >= 4 is 17.6 Å². The first-order chi connectivity index (χ1) is 7.31. The summed E-state index contributed by atoms with van der Waals surface area (Å²) in [6.45, 7) is 3.75. The van der Waals surface area contributed by atoms with Gasteiger partial charge < -0.3 is 10.2 Å². The van der Waals surface area contributed by atoms with E-state index in [2.05, 4.69) is 0 Å². The van der Waals surface area contributed by atoms with Gasteiger partial charge in [-0.1, -0.05) is 25.4 Å². The first-order valence-electron chi connectivity index (χ1n) is 5.04. The van der Waals surface area contributed by atoms with Crippen molar-refractivity contribution in [1.29, 1.82) is 0 Å². The molecule has 1 saturated carbocycles. The van der Waals surface area contributed by atoms with Gasteiger partial charge in [0.1, 0.15) is 11.2 Å². The van der Waals surface area contributed by atoms with E-state index in [1.807, 2.05) is 13.8 Å². The number of phenolic OH excluding ortho intramolecular Hbond substituents is 1. The van der Waals surface area contributed by atoms with Gasteiger partial charge in [-0.25, -0.2) is 0 Å². The van der Waals surface area contributed by atoms with Crippen LogP contribution in [0.2, 0.25) is 5.02 Å². The SMILES string of the molecule is CC1(C)CC1(C(=O)O)c1cc(Cl)ccc1O. The van der Waals surface area contributed by atoms with E-state index in [0.717, 1.165) is 0 Å². The molecular weight excluding hydrogens is 228 g/mol. The topological polar surface area (TPSA) is 57.5 Å². The second kappa shape index (κ2) is 3.14. The summed E-state index contributed by atoms with van der Waals surface area (Å²) in [6, 6.07) is 4.53. The van der Waals surface area contributed by atoms with Gasteiger partial charge in [0, 0.05) is 10.6 Å². The molecule has 0 aliphatic heterocycles. The number of carbonyl (C=O) groups is 1. The van der Waals surface area contributed by atoms with Crippen molar-refractivity contribution in [3.63, 3.8) is 0 Å². The average Bonchev–Trinajstić information content (AvgIpc) is 2.75. The van der Waals surface area contributed by atoms with Gasteiger partial charge in [-0.3, -0.25) is 4.79 Å². The van der Waals surface area contributed by atoms with Crippen molar-refractivity contribution in [3.8, 4) is 5.75 Å². The van der Waals surface area contributed by atoms with Gasteiger partial charge in [-0.2, -0.15) is 0 Å². The van der Waals surface area contributed by atoms with Gasteiger partial charge in [0.25, 0.3) is 0 Å². The van der Waals surface area contributed by atoms with Gasteiger partial charge >= 0.3 is 5.97 Å². The number of hydrogen-bond donors (Lipinski definition) is 2. The third kappa shape index (κ3) is 1.31. The number of rotatable bonds is 2. The van der Waals surface area contributed by atoms with Gasteiger partial charge in [0.05, 0.1) is 0 Å². The number of benzene rings is 1. The highest BCUT2D eigenvalue weighted by atomic mass is 35.5. The Bertz CT molecular complexity index is 467. The highest BCUT2D eigenvalue weighted by molar-refractivity contribution is 6.30. The molecule has 1 aromatic carbocycles. The van der Waals surface area contributed by atoms with Crippen LogP contribution in [0.1, 0.15) is 25.8 Å². The van der Waals surface area contributed by atoms with Crippen LogP contribution < -0.4 is 0 Å². The fraction of sp³-hybridized carbons (Fsp3) is 0.417. The molecule has 16 heavy (non-hydrogen) atoms. The molecule has 86 valence electrons. The van der Waals surface area contributed by atoms with Crippen molar-refractivity contribution in [2.75, 3.05) is 0 Å². The molecule has 1 aromatic rings. The second-order valence-corrected chi connectivity index (χ2v) is 5.37. The van der Waals surface area contributed by atoms with Gasteiger partial charge in [-0.15, -0.1) is 0 Å². The maximum absolute atomic E-state index is 11.4. The summed E-state index contributed by atoms with van der Waals surface area (Å²) in [5.74, 6) is -0.910. The number of aliphatic carboxylic acids is 1. The van der Waals surface area contributed by atoms with E-state index in [-0.39, 0.29) is 11.2 Å². The van der Waals surface area contributed by atoms with E-state index in [1.165, 1.54) is 6.07 Å². The number of aromatic hydroxyl groups is 1. The maximum Gasteiger partial charge on any atom is 0.314 e. The third-order valence-electron chi connectivity index (χ3n) is 3.52. The molecule has 1 aliphatic rings. The quantitative estimate of drug-likeness (QED) is 0.836. The van der Waals surface area contributed by atoms with Crippen molar-refractivity contribution in [1.82, 2.24) is 0 Å². The Balaban J connectivity index is 2.59. The highest BCUT2D eigenvalue weighted by Gasteiger charge is 2.68. The van der Waals surface area contributed by atoms with Gasteiger partial charge in [-0.05, 0) is 30.0 Å². The van der Waals surface area contributed by atoms with Gasteiger partial charge in [0.2, 0.25) is 0 Å². The lowest BCUT2D eigenvalue weighted by Crippen LogP contribution is -2.25. The largest absolute Gasteiger partial charge is 0.508 e. The van der Waals surface area contributed by atoms with Gasteiger partial charge in [0.15, 0.2) is 0 Å². The van der Waals surface area contributed by atoms with E-state index in [1.54, 1.807) is 12.1 Å². The molecule has 3 nitrogen and oxygen atoms in total. The number of carboxylic acid groups (broad SMARTS) is 1. The van der Waals surface area contributed by atoms with Crippen molar-refractivity contribution in [3.05, 3.63) is 28.8 Å². The Kier molecular flexibility index (Phi) is 2.21. The summed E-state index contributed by atoms with van der Waals surface area (Å²) in [5.41, 5.74) is -0.930. The summed E-state index contributed by atoms with van der Waals surface area (Å²) in [6.07, 6.45) is 0.517. The zero-order valence-corrected chi connectivity index (χ0v) is 9.88. The molecule has 0 saturated heterocycles. The van der Waals surface area contributed by atoms with Crippen LogP contribution in [0, 0.1) is 5.41 Å². The highest BCUT2D eigenvalue weighted by Crippen LogP contribution is 2.66. The van der Waals surface area contributed by atoms with E-state index in [4.69, 9.17) is 11.6 Å². The molecule has 1 aliphatic carbocycles. The maximum atomic E-state index is 11.4. The van der Waals surface area contributed by atoms with Crippen LogP contribution in [0.3, 0.4) is 0 Å². The smallest absolute Gasteiger partial charge is 0.314 e. The third-order valence-corrected chi connectivity index (χ3v) is 3.76. The van der Waals surface area contributed by atoms with Crippen LogP contribution in [0.4, 0.5) is 0 Å². The molecule has 1 unspecified atom stereocenters. The minimum atomic E-state index is -0.998. The average molecular weight is 241 g/mol. The minimum Gasteiger partial charge on any atom is -0.508 e. The van der Waals surface area contributed by atoms with Crippen LogP contribution in [-0.2, 0) is 10.2 Å². The van der Waals surface area contributed by atoms with Crippen LogP contribution in [0.5, 0.6) is 5.75 Å². The number of halogens is 1. The first kappa shape index (κ1) is 11.3. The Hall–Kier alpha value is -1.22. The Morgan fingerprint density at radius 3 is 2.44 bits per heavy atom. The van der Waals surface area contributed by atoms with E-state index >= 15 is 0 Å². The molecule has 0 aromatic heterocycles. The van der Waals surface area contributed by atoms with E-state index in [9.17, 15) is 15.0 Å². The predicted molar refractivity (Wildman–Crippen MR) is 60.8 cm³/mol. The number of carboxylic acids is 1. The lowest BCUT2D eigenvalue weighted by Gasteiger charge is -2.17. The molecule has 0 heterocycles. The second-order valence-electron chi connectivity index (χ2n) is 4.93. The first-order valence-corrected chi connectivity index (χ1v) is 5.41. The molecule has 4 heteroatoms. The Morgan fingerprint density at radius 1 is 1.44 bits per heavy atom. The van der Waals surface area contributed by atoms with Crippen molar-refractivity contribution in [2.24, 2.45) is 5.41 Å². The molecule has 2 rings (SSSR count). The Morgan fingerprint density at radius 2 is 2.00 bits per heavy atom. The van der Waals surface area contributed by atoms with Crippen molar-refractivity contribution in [2.45, 2.75) is 25.7 Å². The summed E-state index contributed by atoms with van der Waals surface area (Å²) >= 11 is 5.84. The fourth-order valence-electron chi connectivity index (χ4n) is 2.41. The standard InChI is InChI=1S/C12H13ClO3/c1-11(2)6-12(11,10(15)16)8-5-7(13)3-4-9(8)14/h3-5,14H,6H2,1-2H3,(H,15,16). The van der Waals surface area contributed by atoms with Crippen molar-refractivity contribution < 1.29 is 15.0 Å². The molecule has 0 spiro atoms. The lowest BCUT2D eigenvalue weighted by atomic mass is 9.87. The normalized spacial score (nSPS) is 26.4. The zero-order valence-electron chi connectivity index (χ0n) is 9.12. The summed E-state index contributed by atoms with van der Waals surface area (Å²) < 4.78 is 0. The summed E-state index contributed by atoms with van der Waals surface area (Å²) in [5, 5.41) is 19.6. The monoisotopic (exact) mass is 240 g/mol. The minimum absolute atomic E-state index is 0.00243. The predicted octanol–water partition coefficient (Wildman–Crippen LogP) is 2.80. The van der Waals surface area contributed by atoms with Crippen LogP contribution in [0.15, 0.2) is 18.2 Å². The van der Waals surface area contributed by atoms with Crippen LogP contribution in [0.25, 0.3) is 0 Å². The Labute approximate surface area is 98.7 Å². The van der Waals surface area contributed by atoms with Crippen LogP contribution in [-0.4, -0.2) is 16.2 Å². The molecule has 1 fully saturated rings.